The summed E-state index contributed by atoms with van der Waals surface area (Å²) in [6, 6.07) is 0. The van der Waals surface area contributed by atoms with E-state index in [0.717, 1.165) is 32.1 Å². The fourth-order valence-electron chi connectivity index (χ4n) is 3.29. The second-order valence-electron chi connectivity index (χ2n) is 6.52. The van der Waals surface area contributed by atoms with E-state index in [2.05, 4.69) is 13.8 Å². The van der Waals surface area contributed by atoms with Gasteiger partial charge in [0.1, 0.15) is 0 Å². The Morgan fingerprint density at radius 2 is 1.91 bits per heavy atom. The summed E-state index contributed by atoms with van der Waals surface area (Å²) >= 11 is 0. The first-order valence-corrected chi connectivity index (χ1v) is 8.45. The second-order valence-corrected chi connectivity index (χ2v) is 6.52. The molecule has 0 heterocycles. The van der Waals surface area contributed by atoms with Crippen molar-refractivity contribution in [3.63, 3.8) is 0 Å². The van der Waals surface area contributed by atoms with Crippen LogP contribution in [0.2, 0.25) is 0 Å². The number of esters is 2. The number of hydrogen-bond donors (Lipinski definition) is 0. The summed E-state index contributed by atoms with van der Waals surface area (Å²) in [6.45, 7) is 8.85. The van der Waals surface area contributed by atoms with E-state index in [1.807, 2.05) is 13.8 Å². The summed E-state index contributed by atoms with van der Waals surface area (Å²) in [5.74, 6) is -0.0149. The third-order valence-electron chi connectivity index (χ3n) is 4.37. The fraction of sp³-hybridized carbons (Fsp3) is 0.778. The quantitative estimate of drug-likeness (QED) is 0.526. The third kappa shape index (κ3) is 5.82. The van der Waals surface area contributed by atoms with Gasteiger partial charge in [-0.05, 0) is 50.9 Å². The summed E-state index contributed by atoms with van der Waals surface area (Å²) in [5, 5.41) is 0. The van der Waals surface area contributed by atoms with Crippen LogP contribution in [-0.4, -0.2) is 25.2 Å². The lowest BCUT2D eigenvalue weighted by Gasteiger charge is -2.38. The molecule has 0 aromatic heterocycles. The SMILES string of the molecule is CCOC(=O)/C=C1\C(CCCC(=O)OCC)CCCC1(C)C. The molecule has 0 radical (unpaired) electrons. The van der Waals surface area contributed by atoms with Crippen LogP contribution in [0, 0.1) is 11.3 Å². The molecule has 4 heteroatoms. The molecular weight excluding hydrogens is 280 g/mol. The number of allylic oxidation sites excluding steroid dienone is 1. The lowest BCUT2D eigenvalue weighted by Crippen LogP contribution is -2.27. The van der Waals surface area contributed by atoms with Gasteiger partial charge in [0.2, 0.25) is 0 Å². The zero-order chi connectivity index (χ0) is 16.6. The van der Waals surface area contributed by atoms with Gasteiger partial charge in [-0.2, -0.15) is 0 Å². The predicted molar refractivity (Wildman–Crippen MR) is 86.3 cm³/mol. The summed E-state index contributed by atoms with van der Waals surface area (Å²) in [7, 11) is 0. The normalized spacial score (nSPS) is 22.4. The summed E-state index contributed by atoms with van der Waals surface area (Å²) in [4.78, 5) is 23.3. The Labute approximate surface area is 134 Å². The lowest BCUT2D eigenvalue weighted by atomic mass is 9.66. The van der Waals surface area contributed by atoms with Gasteiger partial charge < -0.3 is 9.47 Å². The Morgan fingerprint density at radius 1 is 1.23 bits per heavy atom. The molecule has 0 aromatic carbocycles. The highest BCUT2D eigenvalue weighted by Crippen LogP contribution is 2.45. The van der Waals surface area contributed by atoms with Gasteiger partial charge in [-0.15, -0.1) is 0 Å². The van der Waals surface area contributed by atoms with Crippen molar-refractivity contribution in [2.45, 2.75) is 66.2 Å². The molecule has 0 amide bonds. The molecule has 1 aliphatic rings. The Kier molecular flexibility index (Phi) is 7.63. The Morgan fingerprint density at radius 3 is 2.55 bits per heavy atom. The lowest BCUT2D eigenvalue weighted by molar-refractivity contribution is -0.143. The third-order valence-corrected chi connectivity index (χ3v) is 4.37. The maximum absolute atomic E-state index is 11.8. The molecule has 1 atom stereocenters. The number of carbonyl (C=O) groups excluding carboxylic acids is 2. The molecule has 1 rings (SSSR count). The molecule has 1 saturated carbocycles. The first kappa shape index (κ1) is 18.7. The van der Waals surface area contributed by atoms with Crippen LogP contribution in [0.1, 0.15) is 66.2 Å². The van der Waals surface area contributed by atoms with E-state index < -0.39 is 0 Å². The molecule has 0 saturated heterocycles. The minimum Gasteiger partial charge on any atom is -0.466 e. The van der Waals surface area contributed by atoms with E-state index in [4.69, 9.17) is 9.47 Å². The summed E-state index contributed by atoms with van der Waals surface area (Å²) in [5.41, 5.74) is 1.21. The van der Waals surface area contributed by atoms with E-state index in [1.54, 1.807) is 6.08 Å². The molecule has 0 bridgehead atoms. The molecule has 1 aliphatic carbocycles. The Balaban J connectivity index is 2.68. The van der Waals surface area contributed by atoms with Gasteiger partial charge in [-0.3, -0.25) is 4.79 Å². The van der Waals surface area contributed by atoms with Crippen molar-refractivity contribution in [3.05, 3.63) is 11.6 Å². The molecule has 126 valence electrons. The van der Waals surface area contributed by atoms with Gasteiger partial charge in [-0.1, -0.05) is 25.8 Å². The summed E-state index contributed by atoms with van der Waals surface area (Å²) in [6.07, 6.45) is 7.21. The minimum atomic E-state index is -0.247. The van der Waals surface area contributed by atoms with Crippen LogP contribution in [0.4, 0.5) is 0 Å². The van der Waals surface area contributed by atoms with Crippen LogP contribution >= 0.6 is 0 Å². The van der Waals surface area contributed by atoms with Gasteiger partial charge in [0.25, 0.3) is 0 Å². The van der Waals surface area contributed by atoms with Gasteiger partial charge in [0.05, 0.1) is 13.2 Å². The second kappa shape index (κ2) is 8.96. The Bertz CT molecular complexity index is 409. The maximum Gasteiger partial charge on any atom is 0.330 e. The highest BCUT2D eigenvalue weighted by molar-refractivity contribution is 5.83. The monoisotopic (exact) mass is 310 g/mol. The molecule has 4 nitrogen and oxygen atoms in total. The molecule has 0 aromatic rings. The first-order valence-electron chi connectivity index (χ1n) is 8.45. The van der Waals surface area contributed by atoms with Crippen LogP contribution in [0.25, 0.3) is 0 Å². The summed E-state index contributed by atoms with van der Waals surface area (Å²) < 4.78 is 10.0. The molecule has 1 unspecified atom stereocenters. The van der Waals surface area contributed by atoms with Crippen molar-refractivity contribution in [2.24, 2.45) is 11.3 Å². The average molecular weight is 310 g/mol. The van der Waals surface area contributed by atoms with Crippen molar-refractivity contribution in [1.82, 2.24) is 0 Å². The molecule has 0 spiro atoms. The zero-order valence-electron chi connectivity index (χ0n) is 14.4. The highest BCUT2D eigenvalue weighted by Gasteiger charge is 2.33. The van der Waals surface area contributed by atoms with Crippen LogP contribution in [0.15, 0.2) is 11.6 Å². The number of rotatable bonds is 7. The maximum atomic E-state index is 11.8. The highest BCUT2D eigenvalue weighted by atomic mass is 16.5. The van der Waals surface area contributed by atoms with Gasteiger partial charge in [-0.25, -0.2) is 4.79 Å². The van der Waals surface area contributed by atoms with Crippen molar-refractivity contribution >= 4 is 11.9 Å². The van der Waals surface area contributed by atoms with E-state index in [0.29, 0.717) is 25.6 Å². The van der Waals surface area contributed by atoms with E-state index in [1.165, 1.54) is 5.57 Å². The van der Waals surface area contributed by atoms with Crippen LogP contribution in [0.5, 0.6) is 0 Å². The van der Waals surface area contributed by atoms with Gasteiger partial charge in [0.15, 0.2) is 0 Å². The van der Waals surface area contributed by atoms with E-state index in [-0.39, 0.29) is 17.4 Å². The van der Waals surface area contributed by atoms with Crippen molar-refractivity contribution in [1.29, 1.82) is 0 Å². The van der Waals surface area contributed by atoms with Crippen LogP contribution in [0.3, 0.4) is 0 Å². The van der Waals surface area contributed by atoms with Gasteiger partial charge >= 0.3 is 11.9 Å². The minimum absolute atomic E-state index is 0.0274. The molecule has 0 N–H and O–H groups in total. The smallest absolute Gasteiger partial charge is 0.330 e. The largest absolute Gasteiger partial charge is 0.466 e. The van der Waals surface area contributed by atoms with Crippen LogP contribution < -0.4 is 0 Å². The molecular formula is C18H30O4. The number of ether oxygens (including phenoxy) is 2. The average Bonchev–Trinajstić information content (AvgIpc) is 2.43. The predicted octanol–water partition coefficient (Wildman–Crippen LogP) is 4.04. The topological polar surface area (TPSA) is 52.6 Å². The molecule has 22 heavy (non-hydrogen) atoms. The standard InChI is InChI=1S/C18H30O4/c1-5-21-16(19)11-7-9-14-10-8-12-18(3,4)15(14)13-17(20)22-6-2/h13-14H,5-12H2,1-4H3/b15-13+. The number of carbonyl (C=O) groups is 2. The zero-order valence-corrected chi connectivity index (χ0v) is 14.4. The first-order chi connectivity index (χ1) is 10.4. The van der Waals surface area contributed by atoms with Crippen molar-refractivity contribution in [3.8, 4) is 0 Å². The molecule has 1 fully saturated rings. The van der Waals surface area contributed by atoms with Crippen LogP contribution in [-0.2, 0) is 19.1 Å². The van der Waals surface area contributed by atoms with Crippen molar-refractivity contribution < 1.29 is 19.1 Å². The molecule has 0 aliphatic heterocycles. The Hall–Kier alpha value is -1.32. The van der Waals surface area contributed by atoms with Crippen molar-refractivity contribution in [2.75, 3.05) is 13.2 Å². The van der Waals surface area contributed by atoms with E-state index >= 15 is 0 Å². The van der Waals surface area contributed by atoms with E-state index in [9.17, 15) is 9.59 Å². The van der Waals surface area contributed by atoms with Gasteiger partial charge in [0, 0.05) is 12.5 Å². The fourth-order valence-corrected chi connectivity index (χ4v) is 3.29. The number of hydrogen-bond acceptors (Lipinski definition) is 4.